The van der Waals surface area contributed by atoms with E-state index in [0.717, 1.165) is 38.5 Å². The van der Waals surface area contributed by atoms with Gasteiger partial charge in [0.15, 0.2) is 5.79 Å². The number of hydrogen-bond donors (Lipinski definition) is 3. The summed E-state index contributed by atoms with van der Waals surface area (Å²) in [5, 5.41) is 21.7. The first-order chi connectivity index (χ1) is 18.9. The number of aliphatic hydroxyl groups is 2. The Morgan fingerprint density at radius 2 is 0.692 bits per heavy atom. The summed E-state index contributed by atoms with van der Waals surface area (Å²) in [7, 11) is 0. The van der Waals surface area contributed by atoms with Gasteiger partial charge in [0.05, 0.1) is 0 Å². The molecule has 0 radical (unpaired) electrons. The molecule has 4 nitrogen and oxygen atoms in total. The second-order valence-corrected chi connectivity index (χ2v) is 12.6. The summed E-state index contributed by atoms with van der Waals surface area (Å²) >= 11 is 0. The number of nitrogens with two attached hydrogens (primary N) is 1. The van der Waals surface area contributed by atoms with E-state index >= 15 is 0 Å². The normalized spacial score (nSPS) is 13.6. The van der Waals surface area contributed by atoms with Crippen molar-refractivity contribution in [3.63, 3.8) is 0 Å². The van der Waals surface area contributed by atoms with Gasteiger partial charge in [0.1, 0.15) is 5.41 Å². The van der Waals surface area contributed by atoms with E-state index < -0.39 is 17.1 Å². The molecule has 0 heterocycles. The molecule has 1 amide bonds. The second kappa shape index (κ2) is 26.3. The predicted octanol–water partition coefficient (Wildman–Crippen LogP) is 10.5. The number of carbonyl (C=O) groups is 1. The van der Waals surface area contributed by atoms with Crippen LogP contribution < -0.4 is 5.73 Å². The summed E-state index contributed by atoms with van der Waals surface area (Å²) in [6.07, 6.45) is 34.0. The van der Waals surface area contributed by atoms with E-state index in [1.807, 2.05) is 0 Å². The van der Waals surface area contributed by atoms with Gasteiger partial charge in [-0.3, -0.25) is 4.79 Å². The van der Waals surface area contributed by atoms with Crippen LogP contribution in [0.2, 0.25) is 0 Å². The second-order valence-electron chi connectivity index (χ2n) is 12.6. The summed E-state index contributed by atoms with van der Waals surface area (Å²) in [6, 6.07) is 0. The Hall–Kier alpha value is -0.610. The Kier molecular flexibility index (Phi) is 25.9. The Balaban J connectivity index is 4.14. The van der Waals surface area contributed by atoms with E-state index in [1.54, 1.807) is 6.92 Å². The molecule has 0 bridgehead atoms. The first kappa shape index (κ1) is 38.4. The average molecular weight is 554 g/mol. The molecule has 0 aromatic heterocycles. The number of unbranched alkanes of at least 4 members (excludes halogenated alkanes) is 24. The highest BCUT2D eigenvalue weighted by Crippen LogP contribution is 2.42. The van der Waals surface area contributed by atoms with Gasteiger partial charge < -0.3 is 15.9 Å². The molecule has 1 atom stereocenters. The molecule has 234 valence electrons. The van der Waals surface area contributed by atoms with Gasteiger partial charge in [-0.25, -0.2) is 0 Å². The lowest BCUT2D eigenvalue weighted by Crippen LogP contribution is -2.55. The van der Waals surface area contributed by atoms with Crippen molar-refractivity contribution in [2.24, 2.45) is 11.1 Å². The minimum atomic E-state index is -2.02. The molecule has 0 fully saturated rings. The minimum Gasteiger partial charge on any atom is -0.369 e. The maximum Gasteiger partial charge on any atom is 0.229 e. The number of amides is 1. The van der Waals surface area contributed by atoms with Crippen LogP contribution >= 0.6 is 0 Å². The van der Waals surface area contributed by atoms with E-state index in [0.29, 0.717) is 12.8 Å². The van der Waals surface area contributed by atoms with Gasteiger partial charge in [0.2, 0.25) is 5.91 Å². The highest BCUT2D eigenvalue weighted by Gasteiger charge is 2.51. The van der Waals surface area contributed by atoms with Gasteiger partial charge >= 0.3 is 0 Å². The molecule has 0 rings (SSSR count). The van der Waals surface area contributed by atoms with Crippen LogP contribution in [-0.2, 0) is 4.79 Å². The largest absolute Gasteiger partial charge is 0.369 e. The van der Waals surface area contributed by atoms with E-state index in [2.05, 4.69) is 13.8 Å². The number of carbonyl (C=O) groups excluding carboxylic acids is 1. The molecule has 0 saturated heterocycles. The van der Waals surface area contributed by atoms with Gasteiger partial charge in [-0.2, -0.15) is 0 Å². The molecule has 39 heavy (non-hydrogen) atoms. The Labute approximate surface area is 244 Å². The molecule has 0 aliphatic rings. The van der Waals surface area contributed by atoms with E-state index in [9.17, 15) is 15.0 Å². The summed E-state index contributed by atoms with van der Waals surface area (Å²) in [6.45, 7) is 6.27. The van der Waals surface area contributed by atoms with E-state index in [4.69, 9.17) is 5.73 Å². The Morgan fingerprint density at radius 1 is 0.462 bits per heavy atom. The van der Waals surface area contributed by atoms with Crippen LogP contribution in [-0.4, -0.2) is 21.9 Å². The van der Waals surface area contributed by atoms with Crippen LogP contribution in [0.3, 0.4) is 0 Å². The third kappa shape index (κ3) is 19.2. The Bertz CT molecular complexity index is 536. The molecule has 4 N–H and O–H groups in total. The number of primary amides is 1. The highest BCUT2D eigenvalue weighted by molar-refractivity contribution is 5.82. The summed E-state index contributed by atoms with van der Waals surface area (Å²) < 4.78 is 0. The van der Waals surface area contributed by atoms with Gasteiger partial charge in [-0.1, -0.05) is 188 Å². The van der Waals surface area contributed by atoms with Crippen LogP contribution in [0.5, 0.6) is 0 Å². The summed E-state index contributed by atoms with van der Waals surface area (Å²) in [5.41, 5.74) is 4.64. The molecular formula is C35H71NO3. The van der Waals surface area contributed by atoms with Crippen molar-refractivity contribution < 1.29 is 15.0 Å². The number of rotatable bonds is 31. The average Bonchev–Trinajstić information content (AvgIpc) is 2.92. The van der Waals surface area contributed by atoms with Gasteiger partial charge in [0.25, 0.3) is 0 Å². The molecule has 0 aromatic carbocycles. The van der Waals surface area contributed by atoms with Crippen LogP contribution in [0.25, 0.3) is 0 Å². The SMILES string of the molecule is CCCCCCCCCCCCCCCCC(CCCCCCCCCCCCCC)(C(N)=O)C(O)(O)CC. The van der Waals surface area contributed by atoms with Gasteiger partial charge in [-0.05, 0) is 19.3 Å². The van der Waals surface area contributed by atoms with Crippen molar-refractivity contribution in [1.82, 2.24) is 0 Å². The van der Waals surface area contributed by atoms with Gasteiger partial charge in [-0.15, -0.1) is 0 Å². The van der Waals surface area contributed by atoms with E-state index in [1.165, 1.54) is 128 Å². The van der Waals surface area contributed by atoms with Crippen molar-refractivity contribution in [2.75, 3.05) is 0 Å². The molecule has 0 saturated carbocycles. The number of hydrogen-bond acceptors (Lipinski definition) is 3. The minimum absolute atomic E-state index is 0.132. The zero-order valence-corrected chi connectivity index (χ0v) is 26.9. The zero-order chi connectivity index (χ0) is 29.1. The topological polar surface area (TPSA) is 83.6 Å². The lowest BCUT2D eigenvalue weighted by molar-refractivity contribution is -0.243. The standard InChI is InChI=1S/C35H71NO3/c1-4-7-9-11-13-15-17-19-20-22-24-26-28-30-32-34(33(36)37,35(38,39)6-3)31-29-27-25-23-21-18-16-14-12-10-8-5-2/h38-39H,4-32H2,1-3H3,(H2,36,37). The fraction of sp³-hybridized carbons (Fsp3) is 0.971. The lowest BCUT2D eigenvalue weighted by Gasteiger charge is -2.41. The van der Waals surface area contributed by atoms with Gasteiger partial charge in [0, 0.05) is 0 Å². The third-order valence-corrected chi connectivity index (χ3v) is 9.15. The van der Waals surface area contributed by atoms with Crippen LogP contribution in [0.4, 0.5) is 0 Å². The van der Waals surface area contributed by atoms with Crippen LogP contribution in [0.1, 0.15) is 207 Å². The Morgan fingerprint density at radius 3 is 0.897 bits per heavy atom. The smallest absolute Gasteiger partial charge is 0.229 e. The quantitative estimate of drug-likeness (QED) is 0.0589. The van der Waals surface area contributed by atoms with Crippen molar-refractivity contribution >= 4 is 5.91 Å². The molecule has 4 heteroatoms. The van der Waals surface area contributed by atoms with E-state index in [-0.39, 0.29) is 6.42 Å². The van der Waals surface area contributed by atoms with Crippen LogP contribution in [0.15, 0.2) is 0 Å². The zero-order valence-electron chi connectivity index (χ0n) is 26.9. The maximum atomic E-state index is 12.6. The van der Waals surface area contributed by atoms with Crippen molar-refractivity contribution in [1.29, 1.82) is 0 Å². The molecule has 0 aliphatic heterocycles. The van der Waals surface area contributed by atoms with Crippen molar-refractivity contribution in [3.05, 3.63) is 0 Å². The summed E-state index contributed by atoms with van der Waals surface area (Å²) in [5.74, 6) is -2.56. The first-order valence-electron chi connectivity index (χ1n) is 17.6. The fourth-order valence-electron chi connectivity index (χ4n) is 6.20. The lowest BCUT2D eigenvalue weighted by atomic mass is 9.69. The summed E-state index contributed by atoms with van der Waals surface area (Å²) in [4.78, 5) is 12.6. The van der Waals surface area contributed by atoms with Crippen molar-refractivity contribution in [2.45, 2.75) is 213 Å². The predicted molar refractivity (Wildman–Crippen MR) is 170 cm³/mol. The molecule has 0 spiro atoms. The molecule has 0 aromatic rings. The fourth-order valence-corrected chi connectivity index (χ4v) is 6.20. The third-order valence-electron chi connectivity index (χ3n) is 9.15. The molecular weight excluding hydrogens is 482 g/mol. The first-order valence-corrected chi connectivity index (χ1v) is 17.6. The van der Waals surface area contributed by atoms with Crippen LogP contribution in [0, 0.1) is 5.41 Å². The highest BCUT2D eigenvalue weighted by atomic mass is 16.5. The monoisotopic (exact) mass is 554 g/mol. The molecule has 1 unspecified atom stereocenters. The van der Waals surface area contributed by atoms with Crippen molar-refractivity contribution in [3.8, 4) is 0 Å². The molecule has 0 aliphatic carbocycles. The maximum absolute atomic E-state index is 12.6.